The van der Waals surface area contributed by atoms with Crippen LogP contribution in [-0.2, 0) is 9.47 Å². The summed E-state index contributed by atoms with van der Waals surface area (Å²) in [7, 11) is 0. The lowest BCUT2D eigenvalue weighted by Gasteiger charge is -2.31. The standard InChI is InChI=1S/C13H24N2O4S/c1-12(2,3)18-10(16)14-7-9(20)8-15(14)11(17)19-13(4,5)6/h9,20H,7-8H2,1-6H3. The summed E-state index contributed by atoms with van der Waals surface area (Å²) in [5, 5.41) is 2.38. The number of rotatable bonds is 0. The van der Waals surface area contributed by atoms with Gasteiger partial charge in [-0.2, -0.15) is 12.6 Å². The molecule has 1 heterocycles. The summed E-state index contributed by atoms with van der Waals surface area (Å²) in [4.78, 5) is 24.2. The third-order valence-corrected chi connectivity index (χ3v) is 2.59. The predicted octanol–water partition coefficient (Wildman–Crippen LogP) is 2.69. The van der Waals surface area contributed by atoms with Crippen molar-refractivity contribution in [1.29, 1.82) is 0 Å². The molecule has 1 fully saturated rings. The maximum atomic E-state index is 12.1. The minimum Gasteiger partial charge on any atom is -0.442 e. The molecule has 2 amide bonds. The van der Waals surface area contributed by atoms with Crippen LogP contribution in [0.15, 0.2) is 0 Å². The van der Waals surface area contributed by atoms with E-state index in [1.807, 2.05) is 0 Å². The lowest BCUT2D eigenvalue weighted by molar-refractivity contribution is -0.0428. The summed E-state index contributed by atoms with van der Waals surface area (Å²) in [6.07, 6.45) is -1.14. The van der Waals surface area contributed by atoms with Crippen LogP contribution in [0.4, 0.5) is 9.59 Å². The van der Waals surface area contributed by atoms with Crippen LogP contribution < -0.4 is 0 Å². The molecule has 116 valence electrons. The largest absolute Gasteiger partial charge is 0.442 e. The Kier molecular flexibility index (Phi) is 4.84. The number of carbonyl (C=O) groups is 2. The van der Waals surface area contributed by atoms with Crippen molar-refractivity contribution in [2.24, 2.45) is 0 Å². The first kappa shape index (κ1) is 16.9. The minimum absolute atomic E-state index is 0.116. The zero-order valence-corrected chi connectivity index (χ0v) is 13.9. The molecule has 0 aromatic carbocycles. The van der Waals surface area contributed by atoms with Crippen molar-refractivity contribution in [3.8, 4) is 0 Å². The second kappa shape index (κ2) is 5.71. The normalized spacial score (nSPS) is 17.4. The summed E-state index contributed by atoms with van der Waals surface area (Å²) in [6, 6.07) is 0. The first-order valence-corrected chi connectivity index (χ1v) is 7.10. The molecule has 0 aromatic heterocycles. The van der Waals surface area contributed by atoms with E-state index in [1.54, 1.807) is 41.5 Å². The predicted molar refractivity (Wildman–Crippen MR) is 78.7 cm³/mol. The molecular formula is C13H24N2O4S. The number of hydrogen-bond donors (Lipinski definition) is 1. The number of carbonyl (C=O) groups excluding carboxylic acids is 2. The number of hydrazine groups is 1. The first-order valence-electron chi connectivity index (χ1n) is 6.58. The van der Waals surface area contributed by atoms with Gasteiger partial charge < -0.3 is 9.47 Å². The highest BCUT2D eigenvalue weighted by atomic mass is 32.1. The molecule has 0 spiro atoms. The van der Waals surface area contributed by atoms with Crippen molar-refractivity contribution >= 4 is 24.8 Å². The van der Waals surface area contributed by atoms with Crippen molar-refractivity contribution < 1.29 is 19.1 Å². The third kappa shape index (κ3) is 5.11. The lowest BCUT2D eigenvalue weighted by atomic mass is 10.2. The van der Waals surface area contributed by atoms with Crippen LogP contribution in [0.1, 0.15) is 41.5 Å². The summed E-state index contributed by atoms with van der Waals surface area (Å²) in [5.41, 5.74) is -1.24. The molecule has 0 radical (unpaired) electrons. The monoisotopic (exact) mass is 304 g/mol. The molecule has 0 saturated carbocycles. The van der Waals surface area contributed by atoms with Gasteiger partial charge in [0.05, 0.1) is 13.1 Å². The molecule has 0 aromatic rings. The molecule has 0 bridgehead atoms. The van der Waals surface area contributed by atoms with Gasteiger partial charge in [-0.1, -0.05) is 0 Å². The molecule has 20 heavy (non-hydrogen) atoms. The van der Waals surface area contributed by atoms with E-state index in [0.717, 1.165) is 0 Å². The molecule has 0 N–H and O–H groups in total. The average Bonchev–Trinajstić information content (AvgIpc) is 2.55. The molecule has 1 aliphatic rings. The fourth-order valence-corrected chi connectivity index (χ4v) is 1.94. The minimum atomic E-state index is -0.620. The van der Waals surface area contributed by atoms with E-state index < -0.39 is 23.4 Å². The highest BCUT2D eigenvalue weighted by Gasteiger charge is 2.39. The average molecular weight is 304 g/mol. The lowest BCUT2D eigenvalue weighted by Crippen LogP contribution is -2.48. The van der Waals surface area contributed by atoms with Crippen LogP contribution in [0.5, 0.6) is 0 Å². The van der Waals surface area contributed by atoms with Crippen molar-refractivity contribution in [2.75, 3.05) is 13.1 Å². The quantitative estimate of drug-likeness (QED) is 0.699. The smallest absolute Gasteiger partial charge is 0.429 e. The Hall–Kier alpha value is -1.11. The topological polar surface area (TPSA) is 59.1 Å². The van der Waals surface area contributed by atoms with Gasteiger partial charge in [0.1, 0.15) is 11.2 Å². The molecule has 1 saturated heterocycles. The Morgan fingerprint density at radius 1 is 0.900 bits per heavy atom. The van der Waals surface area contributed by atoms with Gasteiger partial charge in [0, 0.05) is 5.25 Å². The van der Waals surface area contributed by atoms with Crippen molar-refractivity contribution in [2.45, 2.75) is 58.0 Å². The van der Waals surface area contributed by atoms with Crippen LogP contribution in [-0.4, -0.2) is 51.7 Å². The van der Waals surface area contributed by atoms with Crippen LogP contribution in [0.25, 0.3) is 0 Å². The van der Waals surface area contributed by atoms with Crippen LogP contribution >= 0.6 is 12.6 Å². The first-order chi connectivity index (χ1) is 8.89. The number of nitrogens with zero attached hydrogens (tertiary/aromatic N) is 2. The molecule has 0 aliphatic carbocycles. The number of ether oxygens (including phenoxy) is 2. The highest BCUT2D eigenvalue weighted by Crippen LogP contribution is 2.21. The van der Waals surface area contributed by atoms with Gasteiger partial charge in [0.25, 0.3) is 0 Å². The van der Waals surface area contributed by atoms with Gasteiger partial charge in [-0.15, -0.1) is 0 Å². The zero-order chi connectivity index (χ0) is 15.7. The molecule has 1 aliphatic heterocycles. The Bertz CT molecular complexity index is 351. The maximum Gasteiger partial charge on any atom is 0.429 e. The van der Waals surface area contributed by atoms with E-state index in [9.17, 15) is 9.59 Å². The molecule has 0 unspecified atom stereocenters. The molecule has 0 atom stereocenters. The third-order valence-electron chi connectivity index (χ3n) is 2.27. The van der Waals surface area contributed by atoms with Gasteiger partial charge in [0.2, 0.25) is 0 Å². The van der Waals surface area contributed by atoms with E-state index >= 15 is 0 Å². The zero-order valence-electron chi connectivity index (χ0n) is 13.0. The van der Waals surface area contributed by atoms with Crippen molar-refractivity contribution in [1.82, 2.24) is 10.0 Å². The van der Waals surface area contributed by atoms with E-state index in [-0.39, 0.29) is 5.25 Å². The fraction of sp³-hybridized carbons (Fsp3) is 0.846. The summed E-state index contributed by atoms with van der Waals surface area (Å²) < 4.78 is 10.6. The second-order valence-corrected chi connectivity index (χ2v) is 7.51. The van der Waals surface area contributed by atoms with Crippen LogP contribution in [0.3, 0.4) is 0 Å². The van der Waals surface area contributed by atoms with E-state index in [0.29, 0.717) is 13.1 Å². The Morgan fingerprint density at radius 3 is 1.45 bits per heavy atom. The van der Waals surface area contributed by atoms with Gasteiger partial charge in [-0.05, 0) is 41.5 Å². The molecular weight excluding hydrogens is 280 g/mol. The molecule has 7 heteroatoms. The van der Waals surface area contributed by atoms with Gasteiger partial charge in [-0.3, -0.25) is 0 Å². The molecule has 1 rings (SSSR count). The summed E-state index contributed by atoms with van der Waals surface area (Å²) in [5.74, 6) is 0. The SMILES string of the molecule is CC(C)(C)OC(=O)N1CC(S)CN1C(=O)OC(C)(C)C. The van der Waals surface area contributed by atoms with Crippen LogP contribution in [0, 0.1) is 0 Å². The van der Waals surface area contributed by atoms with Crippen molar-refractivity contribution in [3.05, 3.63) is 0 Å². The van der Waals surface area contributed by atoms with Gasteiger partial charge >= 0.3 is 12.2 Å². The fourth-order valence-electron chi connectivity index (χ4n) is 1.63. The summed E-state index contributed by atoms with van der Waals surface area (Å²) in [6.45, 7) is 11.3. The van der Waals surface area contributed by atoms with Gasteiger partial charge in [0.15, 0.2) is 0 Å². The van der Waals surface area contributed by atoms with E-state index in [1.165, 1.54) is 10.0 Å². The summed E-state index contributed by atoms with van der Waals surface area (Å²) >= 11 is 4.32. The Balaban J connectivity index is 2.78. The highest BCUT2D eigenvalue weighted by molar-refractivity contribution is 7.81. The van der Waals surface area contributed by atoms with Gasteiger partial charge in [-0.25, -0.2) is 19.6 Å². The number of thiol groups is 1. The Labute approximate surface area is 125 Å². The van der Waals surface area contributed by atoms with Crippen LogP contribution in [0.2, 0.25) is 0 Å². The Morgan fingerprint density at radius 2 is 1.20 bits per heavy atom. The number of hydrogen-bond acceptors (Lipinski definition) is 5. The second-order valence-electron chi connectivity index (χ2n) is 6.78. The van der Waals surface area contributed by atoms with E-state index in [4.69, 9.17) is 9.47 Å². The van der Waals surface area contributed by atoms with E-state index in [2.05, 4.69) is 12.6 Å². The molecule has 6 nitrogen and oxygen atoms in total. The number of amides is 2. The van der Waals surface area contributed by atoms with Crippen molar-refractivity contribution in [3.63, 3.8) is 0 Å². The maximum absolute atomic E-state index is 12.1.